The second-order valence-corrected chi connectivity index (χ2v) is 4.29. The maximum absolute atomic E-state index is 11.4. The van der Waals surface area contributed by atoms with Crippen molar-refractivity contribution < 1.29 is 18.9 Å². The van der Waals surface area contributed by atoms with Gasteiger partial charge in [-0.2, -0.15) is 0 Å². The molecule has 1 fully saturated rings. The maximum Gasteiger partial charge on any atom is 0.350 e. The summed E-state index contributed by atoms with van der Waals surface area (Å²) in [5, 5.41) is 0. The van der Waals surface area contributed by atoms with E-state index in [9.17, 15) is 14.2 Å². The first-order chi connectivity index (χ1) is 5.64. The molecule has 0 saturated carbocycles. The highest BCUT2D eigenvalue weighted by Crippen LogP contribution is 2.61. The summed E-state index contributed by atoms with van der Waals surface area (Å²) in [6.45, 7) is 1.64. The smallest absolute Gasteiger partial charge is 0.350 e. The Hall–Kier alpha value is -1.05. The van der Waals surface area contributed by atoms with E-state index in [-0.39, 0.29) is 6.10 Å². The Morgan fingerprint density at radius 3 is 2.00 bits per heavy atom. The second kappa shape index (κ2) is 3.13. The minimum absolute atomic E-state index is 0.287. The molecular formula is C5H5N2O4P. The highest BCUT2D eigenvalue weighted by molar-refractivity contribution is 7.62. The number of rotatable bonds is 3. The van der Waals surface area contributed by atoms with Gasteiger partial charge in [-0.05, 0) is 6.92 Å². The van der Waals surface area contributed by atoms with Crippen molar-refractivity contribution in [2.75, 3.05) is 0 Å². The van der Waals surface area contributed by atoms with Crippen molar-refractivity contribution in [3.63, 3.8) is 0 Å². The van der Waals surface area contributed by atoms with Crippen molar-refractivity contribution in [2.45, 2.75) is 18.9 Å². The zero-order valence-corrected chi connectivity index (χ0v) is 7.02. The first kappa shape index (κ1) is 9.04. The summed E-state index contributed by atoms with van der Waals surface area (Å²) in [6.07, 6.45) is 1.90. The zero-order chi connectivity index (χ0) is 9.19. The average molecular weight is 188 g/mol. The lowest BCUT2D eigenvalue weighted by molar-refractivity contribution is 0.405. The molecule has 1 heterocycles. The molecule has 0 bridgehead atoms. The van der Waals surface area contributed by atoms with E-state index in [0.29, 0.717) is 0 Å². The zero-order valence-electron chi connectivity index (χ0n) is 6.13. The summed E-state index contributed by atoms with van der Waals surface area (Å²) in [5.41, 5.74) is 0. The quantitative estimate of drug-likeness (QED) is 0.280. The SMILES string of the molecule is C[C@H]1O[C@H]1P(=O)(N=C=O)N=C=O. The van der Waals surface area contributed by atoms with Gasteiger partial charge in [0.05, 0.1) is 6.10 Å². The Labute approximate surface area is 67.8 Å². The average Bonchev–Trinajstić information content (AvgIpc) is 2.68. The minimum atomic E-state index is -3.56. The molecule has 0 aromatic rings. The molecule has 0 radical (unpaired) electrons. The fourth-order valence-corrected chi connectivity index (χ4v) is 2.18. The number of hydrogen-bond acceptors (Lipinski definition) is 4. The molecule has 1 aliphatic heterocycles. The van der Waals surface area contributed by atoms with Crippen LogP contribution >= 0.6 is 7.44 Å². The van der Waals surface area contributed by atoms with E-state index < -0.39 is 13.3 Å². The van der Waals surface area contributed by atoms with E-state index in [1.54, 1.807) is 6.92 Å². The van der Waals surface area contributed by atoms with E-state index in [1.165, 1.54) is 0 Å². The van der Waals surface area contributed by atoms with Crippen LogP contribution in [-0.4, -0.2) is 24.1 Å². The Bertz CT molecular complexity index is 306. The molecule has 0 N–H and O–H groups in total. The van der Waals surface area contributed by atoms with Gasteiger partial charge in [-0.25, -0.2) is 9.59 Å². The third-order valence-electron chi connectivity index (χ3n) is 1.38. The van der Waals surface area contributed by atoms with Gasteiger partial charge in [-0.15, -0.1) is 9.53 Å². The van der Waals surface area contributed by atoms with Crippen LogP contribution in [0.25, 0.3) is 0 Å². The van der Waals surface area contributed by atoms with E-state index in [2.05, 4.69) is 9.53 Å². The third kappa shape index (κ3) is 1.58. The second-order valence-electron chi connectivity index (χ2n) is 2.20. The minimum Gasteiger partial charge on any atom is -0.357 e. The molecule has 1 saturated heterocycles. The molecule has 1 aliphatic rings. The Morgan fingerprint density at radius 1 is 1.33 bits per heavy atom. The summed E-state index contributed by atoms with van der Waals surface area (Å²) in [5.74, 6) is -0.750. The lowest BCUT2D eigenvalue weighted by Crippen LogP contribution is -1.87. The topological polar surface area (TPSA) is 88.5 Å². The molecule has 12 heavy (non-hydrogen) atoms. The van der Waals surface area contributed by atoms with Crippen LogP contribution in [0.3, 0.4) is 0 Å². The number of carbonyl (C=O) groups excluding carboxylic acids is 2. The van der Waals surface area contributed by atoms with Crippen LogP contribution in [-0.2, 0) is 18.9 Å². The molecule has 64 valence electrons. The monoisotopic (exact) mass is 188 g/mol. The summed E-state index contributed by atoms with van der Waals surface area (Å²) in [6, 6.07) is 0. The van der Waals surface area contributed by atoms with Crippen LogP contribution in [0.2, 0.25) is 0 Å². The van der Waals surface area contributed by atoms with Gasteiger partial charge in [0.25, 0.3) is 0 Å². The van der Waals surface area contributed by atoms with Crippen molar-refractivity contribution in [1.29, 1.82) is 0 Å². The van der Waals surface area contributed by atoms with Crippen molar-refractivity contribution >= 4 is 19.6 Å². The summed E-state index contributed by atoms with van der Waals surface area (Å²) < 4.78 is 22.1. The van der Waals surface area contributed by atoms with E-state index in [1.807, 2.05) is 0 Å². The van der Waals surface area contributed by atoms with E-state index >= 15 is 0 Å². The van der Waals surface area contributed by atoms with Crippen LogP contribution in [0.1, 0.15) is 6.92 Å². The van der Waals surface area contributed by atoms with Crippen LogP contribution in [0, 0.1) is 0 Å². The van der Waals surface area contributed by atoms with Gasteiger partial charge >= 0.3 is 7.44 Å². The predicted octanol–water partition coefficient (Wildman–Crippen LogP) is 0.596. The molecule has 0 aliphatic carbocycles. The highest BCUT2D eigenvalue weighted by Gasteiger charge is 2.51. The first-order valence-electron chi connectivity index (χ1n) is 3.08. The van der Waals surface area contributed by atoms with Crippen molar-refractivity contribution in [3.05, 3.63) is 0 Å². The number of isocyanates is 2. The Kier molecular flexibility index (Phi) is 2.36. The first-order valence-corrected chi connectivity index (χ1v) is 4.76. The molecule has 7 heteroatoms. The molecule has 0 spiro atoms. The predicted molar refractivity (Wildman–Crippen MR) is 38.2 cm³/mol. The summed E-state index contributed by atoms with van der Waals surface area (Å²) >= 11 is 0. The van der Waals surface area contributed by atoms with Gasteiger partial charge in [-0.1, -0.05) is 0 Å². The third-order valence-corrected chi connectivity index (χ3v) is 3.32. The largest absolute Gasteiger partial charge is 0.357 e. The lowest BCUT2D eigenvalue weighted by atomic mass is 10.6. The highest BCUT2D eigenvalue weighted by atomic mass is 31.2. The number of nitrogens with zero attached hydrogens (tertiary/aromatic N) is 2. The van der Waals surface area contributed by atoms with E-state index in [0.717, 1.165) is 12.2 Å². The van der Waals surface area contributed by atoms with Crippen LogP contribution in [0.5, 0.6) is 0 Å². The molecule has 2 atom stereocenters. The number of epoxide rings is 1. The van der Waals surface area contributed by atoms with Crippen LogP contribution in [0.15, 0.2) is 9.53 Å². The fraction of sp³-hybridized carbons (Fsp3) is 0.600. The Balaban J connectivity index is 2.95. The normalized spacial score (nSPS) is 30.8. The molecule has 0 aromatic heterocycles. The molecule has 1 rings (SSSR count). The van der Waals surface area contributed by atoms with Gasteiger partial charge in [0.1, 0.15) is 0 Å². The van der Waals surface area contributed by atoms with Gasteiger partial charge in [-0.3, -0.25) is 4.57 Å². The van der Waals surface area contributed by atoms with Crippen molar-refractivity contribution in [3.8, 4) is 0 Å². The molecule has 0 unspecified atom stereocenters. The Morgan fingerprint density at radius 2 is 1.75 bits per heavy atom. The molecule has 0 amide bonds. The summed E-state index contributed by atoms with van der Waals surface area (Å²) in [4.78, 5) is 19.6. The van der Waals surface area contributed by atoms with Gasteiger partial charge in [0, 0.05) is 0 Å². The number of hydrogen-bond donors (Lipinski definition) is 0. The fourth-order valence-electron chi connectivity index (χ4n) is 0.780. The number of ether oxygens (including phenoxy) is 1. The van der Waals surface area contributed by atoms with Crippen LogP contribution < -0.4 is 0 Å². The summed E-state index contributed by atoms with van der Waals surface area (Å²) in [7, 11) is -3.56. The standard InChI is InChI=1S/C5H5N2O4P/c1-4-5(11-4)12(10,6-2-8)7-3-9/h4-5H,1H3/t4-,5+/m1/s1. The van der Waals surface area contributed by atoms with Crippen LogP contribution in [0.4, 0.5) is 0 Å². The van der Waals surface area contributed by atoms with E-state index in [4.69, 9.17) is 4.74 Å². The van der Waals surface area contributed by atoms with Gasteiger partial charge in [0.2, 0.25) is 12.2 Å². The molecule has 6 nitrogen and oxygen atoms in total. The van der Waals surface area contributed by atoms with Crippen molar-refractivity contribution in [2.24, 2.45) is 9.53 Å². The lowest BCUT2D eigenvalue weighted by Gasteiger charge is -1.95. The maximum atomic E-state index is 11.4. The van der Waals surface area contributed by atoms with Crippen molar-refractivity contribution in [1.82, 2.24) is 0 Å². The van der Waals surface area contributed by atoms with Gasteiger partial charge < -0.3 is 4.74 Å². The molecule has 0 aromatic carbocycles. The molecular weight excluding hydrogens is 183 g/mol. The van der Waals surface area contributed by atoms with Gasteiger partial charge in [0.15, 0.2) is 5.85 Å².